The number of ether oxygens (including phenoxy) is 1. The molecule has 0 radical (unpaired) electrons. The number of fused-ring (bicyclic) bond motifs is 1. The molecular formula is C20H21N3O3S. The average molecular weight is 383 g/mol. The van der Waals surface area contributed by atoms with Crippen molar-refractivity contribution in [2.24, 2.45) is 0 Å². The van der Waals surface area contributed by atoms with Crippen LogP contribution >= 0.6 is 11.8 Å². The van der Waals surface area contributed by atoms with Crippen LogP contribution in [0.4, 0.5) is 0 Å². The molecule has 3 aromatic rings. The number of aromatic amines is 1. The van der Waals surface area contributed by atoms with E-state index in [4.69, 9.17) is 4.74 Å². The van der Waals surface area contributed by atoms with Crippen molar-refractivity contribution >= 4 is 28.6 Å². The second kappa shape index (κ2) is 8.73. The second-order valence-electron chi connectivity index (χ2n) is 6.26. The second-order valence-corrected chi connectivity index (χ2v) is 7.23. The van der Waals surface area contributed by atoms with Crippen molar-refractivity contribution in [3.8, 4) is 5.75 Å². The van der Waals surface area contributed by atoms with Gasteiger partial charge in [0.05, 0.1) is 22.8 Å². The molecule has 1 amide bonds. The van der Waals surface area contributed by atoms with Gasteiger partial charge in [0, 0.05) is 6.54 Å². The zero-order valence-corrected chi connectivity index (χ0v) is 16.0. The molecule has 0 aliphatic heterocycles. The van der Waals surface area contributed by atoms with Crippen LogP contribution in [0, 0.1) is 0 Å². The fourth-order valence-corrected chi connectivity index (χ4v) is 3.17. The van der Waals surface area contributed by atoms with Crippen molar-refractivity contribution in [2.45, 2.75) is 31.7 Å². The minimum atomic E-state index is -0.202. The molecule has 0 spiro atoms. The van der Waals surface area contributed by atoms with Crippen molar-refractivity contribution in [1.29, 1.82) is 0 Å². The Morgan fingerprint density at radius 1 is 1.19 bits per heavy atom. The SMILES string of the molecule is CC(C)Oc1ccc(CNC(=O)CSc2nc3ccccc3c(=O)[nH]2)cc1. The van der Waals surface area contributed by atoms with Crippen LogP contribution in [0.2, 0.25) is 0 Å². The van der Waals surface area contributed by atoms with Crippen LogP contribution in [-0.4, -0.2) is 27.7 Å². The van der Waals surface area contributed by atoms with Gasteiger partial charge >= 0.3 is 0 Å². The molecule has 1 heterocycles. The lowest BCUT2D eigenvalue weighted by Crippen LogP contribution is -2.24. The summed E-state index contributed by atoms with van der Waals surface area (Å²) in [4.78, 5) is 31.2. The Morgan fingerprint density at radius 3 is 2.67 bits per heavy atom. The molecule has 140 valence electrons. The fraction of sp³-hybridized carbons (Fsp3) is 0.250. The first-order chi connectivity index (χ1) is 13.0. The molecule has 0 unspecified atom stereocenters. The third-order valence-corrected chi connectivity index (χ3v) is 4.59. The summed E-state index contributed by atoms with van der Waals surface area (Å²) in [5.74, 6) is 0.857. The van der Waals surface area contributed by atoms with Gasteiger partial charge in [0.2, 0.25) is 5.91 Å². The lowest BCUT2D eigenvalue weighted by atomic mass is 10.2. The predicted octanol–water partition coefficient (Wildman–Crippen LogP) is 3.12. The number of aromatic nitrogens is 2. The molecule has 2 N–H and O–H groups in total. The van der Waals surface area contributed by atoms with Crippen molar-refractivity contribution in [3.05, 3.63) is 64.4 Å². The molecule has 3 rings (SSSR count). The molecule has 0 atom stereocenters. The number of H-pyrrole nitrogens is 1. The third-order valence-electron chi connectivity index (χ3n) is 3.72. The number of amides is 1. The highest BCUT2D eigenvalue weighted by Gasteiger charge is 2.07. The highest BCUT2D eigenvalue weighted by Crippen LogP contribution is 2.15. The molecule has 0 aliphatic rings. The molecule has 0 bridgehead atoms. The zero-order chi connectivity index (χ0) is 19.2. The maximum absolute atomic E-state index is 12.1. The lowest BCUT2D eigenvalue weighted by molar-refractivity contribution is -0.118. The molecule has 0 fully saturated rings. The maximum atomic E-state index is 12.1. The zero-order valence-electron chi connectivity index (χ0n) is 15.2. The Morgan fingerprint density at radius 2 is 1.93 bits per heavy atom. The molecule has 0 saturated carbocycles. The van der Waals surface area contributed by atoms with Crippen LogP contribution in [0.1, 0.15) is 19.4 Å². The number of nitrogens with one attached hydrogen (secondary N) is 2. The number of rotatable bonds is 7. The van der Waals surface area contributed by atoms with Crippen LogP contribution in [0.25, 0.3) is 10.9 Å². The van der Waals surface area contributed by atoms with Gasteiger partial charge in [-0.25, -0.2) is 4.98 Å². The van der Waals surface area contributed by atoms with E-state index < -0.39 is 0 Å². The Kier molecular flexibility index (Phi) is 6.13. The van der Waals surface area contributed by atoms with Gasteiger partial charge in [0.25, 0.3) is 5.56 Å². The Hall–Kier alpha value is -2.80. The Bertz CT molecular complexity index is 984. The quantitative estimate of drug-likeness (QED) is 0.484. The van der Waals surface area contributed by atoms with E-state index in [1.54, 1.807) is 18.2 Å². The Labute approximate surface area is 161 Å². The summed E-state index contributed by atoms with van der Waals surface area (Å²) in [6, 6.07) is 14.7. The maximum Gasteiger partial charge on any atom is 0.259 e. The number of hydrogen-bond donors (Lipinski definition) is 2. The van der Waals surface area contributed by atoms with E-state index in [-0.39, 0.29) is 23.3 Å². The van der Waals surface area contributed by atoms with Crippen molar-refractivity contribution in [2.75, 3.05) is 5.75 Å². The lowest BCUT2D eigenvalue weighted by Gasteiger charge is -2.10. The third kappa shape index (κ3) is 5.34. The van der Waals surface area contributed by atoms with Gasteiger partial charge in [-0.05, 0) is 43.7 Å². The van der Waals surface area contributed by atoms with Crippen molar-refractivity contribution in [1.82, 2.24) is 15.3 Å². The summed E-state index contributed by atoms with van der Waals surface area (Å²) in [5, 5.41) is 3.83. The Balaban J connectivity index is 1.52. The van der Waals surface area contributed by atoms with Gasteiger partial charge in [-0.3, -0.25) is 9.59 Å². The first kappa shape index (κ1) is 19.0. The summed E-state index contributed by atoms with van der Waals surface area (Å²) in [6.07, 6.45) is 0.128. The fourth-order valence-electron chi connectivity index (χ4n) is 2.48. The summed E-state index contributed by atoms with van der Waals surface area (Å²) in [7, 11) is 0. The summed E-state index contributed by atoms with van der Waals surface area (Å²) in [5.41, 5.74) is 1.40. The van der Waals surface area contributed by atoms with E-state index in [9.17, 15) is 9.59 Å². The number of nitrogens with zero attached hydrogens (tertiary/aromatic N) is 1. The smallest absolute Gasteiger partial charge is 0.259 e. The van der Waals surface area contributed by atoms with Gasteiger partial charge in [0.15, 0.2) is 5.16 Å². The highest BCUT2D eigenvalue weighted by molar-refractivity contribution is 7.99. The van der Waals surface area contributed by atoms with Crippen molar-refractivity contribution < 1.29 is 9.53 Å². The monoisotopic (exact) mass is 383 g/mol. The minimum absolute atomic E-state index is 0.127. The topological polar surface area (TPSA) is 84.1 Å². The number of hydrogen-bond acceptors (Lipinski definition) is 5. The molecule has 1 aromatic heterocycles. The summed E-state index contributed by atoms with van der Waals surface area (Å²) in [6.45, 7) is 4.38. The average Bonchev–Trinajstić information content (AvgIpc) is 2.65. The summed E-state index contributed by atoms with van der Waals surface area (Å²) >= 11 is 1.20. The van der Waals surface area contributed by atoms with Gasteiger partial charge in [-0.2, -0.15) is 0 Å². The van der Waals surface area contributed by atoms with Gasteiger partial charge in [-0.15, -0.1) is 0 Å². The molecule has 27 heavy (non-hydrogen) atoms. The molecule has 6 nitrogen and oxygen atoms in total. The molecule has 0 saturated heterocycles. The van der Waals surface area contributed by atoms with Gasteiger partial charge in [-0.1, -0.05) is 36.0 Å². The first-order valence-corrected chi connectivity index (χ1v) is 9.64. The number of carbonyl (C=O) groups excluding carboxylic acids is 1. The first-order valence-electron chi connectivity index (χ1n) is 8.65. The number of thioether (sulfide) groups is 1. The molecule has 0 aliphatic carbocycles. The normalized spacial score (nSPS) is 10.9. The minimum Gasteiger partial charge on any atom is -0.491 e. The number of benzene rings is 2. The van der Waals surface area contributed by atoms with Gasteiger partial charge in [0.1, 0.15) is 5.75 Å². The van der Waals surface area contributed by atoms with Crippen LogP contribution < -0.4 is 15.6 Å². The van der Waals surface area contributed by atoms with E-state index >= 15 is 0 Å². The largest absolute Gasteiger partial charge is 0.491 e. The predicted molar refractivity (Wildman–Crippen MR) is 107 cm³/mol. The van der Waals surface area contributed by atoms with E-state index in [0.717, 1.165) is 11.3 Å². The van der Waals surface area contributed by atoms with E-state index in [1.807, 2.05) is 44.2 Å². The van der Waals surface area contributed by atoms with Gasteiger partial charge < -0.3 is 15.0 Å². The molecule has 7 heteroatoms. The highest BCUT2D eigenvalue weighted by atomic mass is 32.2. The summed E-state index contributed by atoms with van der Waals surface area (Å²) < 4.78 is 5.60. The standard InChI is InChI=1S/C20H21N3O3S/c1-13(2)26-15-9-7-14(8-10-15)11-21-18(24)12-27-20-22-17-6-4-3-5-16(17)19(25)23-20/h3-10,13H,11-12H2,1-2H3,(H,21,24)(H,22,23,25). The van der Waals surface area contributed by atoms with E-state index in [1.165, 1.54) is 11.8 Å². The molecular weight excluding hydrogens is 362 g/mol. The molecule has 2 aromatic carbocycles. The van der Waals surface area contributed by atoms with Crippen LogP contribution in [-0.2, 0) is 11.3 Å². The van der Waals surface area contributed by atoms with Crippen molar-refractivity contribution in [3.63, 3.8) is 0 Å². The van der Waals surface area contributed by atoms with Crippen LogP contribution in [0.15, 0.2) is 58.5 Å². The van der Waals surface area contributed by atoms with Crippen LogP contribution in [0.5, 0.6) is 5.75 Å². The van der Waals surface area contributed by atoms with Crippen LogP contribution in [0.3, 0.4) is 0 Å². The van der Waals surface area contributed by atoms with E-state index in [2.05, 4.69) is 15.3 Å². The number of carbonyl (C=O) groups is 1. The van der Waals surface area contributed by atoms with E-state index in [0.29, 0.717) is 22.6 Å². The number of para-hydroxylation sites is 1.